The molecule has 7 heteroatoms. The quantitative estimate of drug-likeness (QED) is 0.420. The molecule has 0 radical (unpaired) electrons. The van der Waals surface area contributed by atoms with Gasteiger partial charge < -0.3 is 20.5 Å². The summed E-state index contributed by atoms with van der Waals surface area (Å²) in [5, 5.41) is 17.5. The lowest BCUT2D eigenvalue weighted by atomic mass is 10.1. The topological polar surface area (TPSA) is 116 Å². The minimum absolute atomic E-state index is 0.154. The highest BCUT2D eigenvalue weighted by Crippen LogP contribution is 1.96. The average Bonchev–Trinajstić information content (AvgIpc) is 2.00. The van der Waals surface area contributed by atoms with Gasteiger partial charge in [0.2, 0.25) is 0 Å². The first-order chi connectivity index (χ1) is 5.57. The maximum absolute atomic E-state index is 9.86. The van der Waals surface area contributed by atoms with Crippen molar-refractivity contribution in [2.45, 2.75) is 18.6 Å². The Morgan fingerprint density at radius 1 is 1.67 bits per heavy atom. The van der Waals surface area contributed by atoms with Crippen LogP contribution in [0.2, 0.25) is 0 Å². The standard InChI is InChI=1S/C5H13NO5S/c6-4(1-2-7)5(8)3-11-12(9)10/h4-5,7-8H,1-3,6H2,(H,9,10)/p-1. The van der Waals surface area contributed by atoms with E-state index >= 15 is 0 Å². The van der Waals surface area contributed by atoms with Gasteiger partial charge in [-0.05, 0) is 6.42 Å². The number of nitrogens with two attached hydrogens (primary N) is 1. The zero-order valence-corrected chi connectivity index (χ0v) is 7.20. The Hall–Kier alpha value is -0.0500. The van der Waals surface area contributed by atoms with Gasteiger partial charge in [-0.3, -0.25) is 4.18 Å². The van der Waals surface area contributed by atoms with E-state index in [9.17, 15) is 8.76 Å². The van der Waals surface area contributed by atoms with Gasteiger partial charge in [0, 0.05) is 12.6 Å². The third-order valence-electron chi connectivity index (χ3n) is 1.29. The van der Waals surface area contributed by atoms with Gasteiger partial charge in [0.1, 0.15) is 0 Å². The van der Waals surface area contributed by atoms with Gasteiger partial charge in [-0.25, -0.2) is 4.21 Å². The molecule has 0 amide bonds. The second-order valence-corrected chi connectivity index (χ2v) is 2.88. The van der Waals surface area contributed by atoms with Crippen molar-refractivity contribution in [3.63, 3.8) is 0 Å². The first-order valence-electron chi connectivity index (χ1n) is 3.35. The summed E-state index contributed by atoms with van der Waals surface area (Å²) < 4.78 is 23.8. The molecule has 0 aromatic carbocycles. The molecule has 0 saturated heterocycles. The Morgan fingerprint density at radius 2 is 2.25 bits per heavy atom. The predicted octanol–water partition coefficient (Wildman–Crippen LogP) is -2.13. The molecule has 3 unspecified atom stereocenters. The van der Waals surface area contributed by atoms with Crippen LogP contribution in [0.5, 0.6) is 0 Å². The second kappa shape index (κ2) is 6.46. The second-order valence-electron chi connectivity index (χ2n) is 2.23. The normalized spacial score (nSPS) is 18.7. The van der Waals surface area contributed by atoms with Gasteiger partial charge in [0.05, 0.1) is 24.1 Å². The molecular weight excluding hydrogens is 186 g/mol. The predicted molar refractivity (Wildman–Crippen MR) is 40.6 cm³/mol. The first kappa shape index (κ1) is 11.9. The number of aliphatic hydroxyl groups excluding tert-OH is 2. The van der Waals surface area contributed by atoms with Crippen LogP contribution in [0.25, 0.3) is 0 Å². The van der Waals surface area contributed by atoms with Crippen molar-refractivity contribution in [1.82, 2.24) is 0 Å². The zero-order chi connectivity index (χ0) is 9.56. The Morgan fingerprint density at radius 3 is 2.67 bits per heavy atom. The number of rotatable bonds is 6. The third kappa shape index (κ3) is 5.58. The summed E-state index contributed by atoms with van der Waals surface area (Å²) in [6.45, 7) is -0.532. The van der Waals surface area contributed by atoms with Crippen LogP contribution in [0, 0.1) is 0 Å². The molecule has 0 rings (SSSR count). The van der Waals surface area contributed by atoms with Gasteiger partial charge in [0.25, 0.3) is 0 Å². The highest BCUT2D eigenvalue weighted by Gasteiger charge is 2.14. The lowest BCUT2D eigenvalue weighted by Crippen LogP contribution is -2.38. The lowest BCUT2D eigenvalue weighted by Gasteiger charge is -2.17. The van der Waals surface area contributed by atoms with E-state index in [1.165, 1.54) is 0 Å². The number of hydrogen-bond donors (Lipinski definition) is 3. The van der Waals surface area contributed by atoms with E-state index in [-0.39, 0.29) is 19.6 Å². The van der Waals surface area contributed by atoms with Crippen LogP contribution in [0.1, 0.15) is 6.42 Å². The van der Waals surface area contributed by atoms with Gasteiger partial charge >= 0.3 is 0 Å². The van der Waals surface area contributed by atoms with E-state index in [4.69, 9.17) is 15.9 Å². The Labute approximate surface area is 72.8 Å². The van der Waals surface area contributed by atoms with E-state index < -0.39 is 23.5 Å². The monoisotopic (exact) mass is 198 g/mol. The Kier molecular flexibility index (Phi) is 6.44. The minimum Gasteiger partial charge on any atom is -0.750 e. The van der Waals surface area contributed by atoms with Crippen molar-refractivity contribution < 1.29 is 23.2 Å². The van der Waals surface area contributed by atoms with Crippen molar-refractivity contribution in [1.29, 1.82) is 0 Å². The van der Waals surface area contributed by atoms with Crippen molar-refractivity contribution in [3.8, 4) is 0 Å². The van der Waals surface area contributed by atoms with Gasteiger partial charge in [0.15, 0.2) is 0 Å². The third-order valence-corrected chi connectivity index (χ3v) is 1.62. The number of aliphatic hydroxyl groups is 2. The molecule has 0 spiro atoms. The maximum atomic E-state index is 9.86. The minimum atomic E-state index is -2.63. The van der Waals surface area contributed by atoms with Crippen molar-refractivity contribution >= 4 is 11.4 Å². The molecule has 74 valence electrons. The molecule has 0 aliphatic heterocycles. The van der Waals surface area contributed by atoms with E-state index in [0.29, 0.717) is 0 Å². The fraction of sp³-hybridized carbons (Fsp3) is 1.00. The van der Waals surface area contributed by atoms with Crippen molar-refractivity contribution in [2.75, 3.05) is 13.2 Å². The van der Waals surface area contributed by atoms with Crippen molar-refractivity contribution in [3.05, 3.63) is 0 Å². The molecule has 3 atom stereocenters. The highest BCUT2D eigenvalue weighted by molar-refractivity contribution is 7.74. The largest absolute Gasteiger partial charge is 0.750 e. The molecule has 12 heavy (non-hydrogen) atoms. The highest BCUT2D eigenvalue weighted by atomic mass is 32.2. The summed E-state index contributed by atoms with van der Waals surface area (Å²) >= 11 is -2.63. The van der Waals surface area contributed by atoms with E-state index in [0.717, 1.165) is 0 Å². The van der Waals surface area contributed by atoms with Crippen LogP contribution in [0.15, 0.2) is 0 Å². The first-order valence-corrected chi connectivity index (χ1v) is 4.35. The van der Waals surface area contributed by atoms with Crippen LogP contribution in [0.3, 0.4) is 0 Å². The summed E-state index contributed by atoms with van der Waals surface area (Å²) in [6, 6.07) is -0.668. The van der Waals surface area contributed by atoms with Crippen LogP contribution in [-0.4, -0.2) is 44.3 Å². The average molecular weight is 198 g/mol. The molecule has 0 aromatic heterocycles. The summed E-state index contributed by atoms with van der Waals surface area (Å²) in [5.41, 5.74) is 5.32. The molecule has 0 fully saturated rings. The van der Waals surface area contributed by atoms with Gasteiger partial charge in [-0.15, -0.1) is 0 Å². The molecule has 0 saturated carbocycles. The van der Waals surface area contributed by atoms with Crippen LogP contribution >= 0.6 is 0 Å². The molecule has 0 heterocycles. The van der Waals surface area contributed by atoms with E-state index in [1.54, 1.807) is 0 Å². The zero-order valence-electron chi connectivity index (χ0n) is 6.38. The summed E-state index contributed by atoms with van der Waals surface area (Å²) in [5.74, 6) is 0. The molecule has 6 nitrogen and oxygen atoms in total. The molecule has 0 aliphatic rings. The van der Waals surface area contributed by atoms with Crippen molar-refractivity contribution in [2.24, 2.45) is 5.73 Å². The fourth-order valence-electron chi connectivity index (χ4n) is 0.590. The number of hydrogen-bond acceptors (Lipinski definition) is 6. The summed E-state index contributed by atoms with van der Waals surface area (Å²) in [6.07, 6.45) is -0.870. The van der Waals surface area contributed by atoms with E-state index in [1.807, 2.05) is 0 Å². The SMILES string of the molecule is NC(CCO)C(O)COS(=O)[O-]. The van der Waals surface area contributed by atoms with Crippen LogP contribution in [0.4, 0.5) is 0 Å². The Bertz CT molecular complexity index is 144. The van der Waals surface area contributed by atoms with E-state index in [2.05, 4.69) is 4.18 Å². The Balaban J connectivity index is 3.55. The molecular formula is C5H12NO5S-. The van der Waals surface area contributed by atoms with Crippen LogP contribution < -0.4 is 5.73 Å². The molecule has 4 N–H and O–H groups in total. The lowest BCUT2D eigenvalue weighted by molar-refractivity contribution is 0.0775. The van der Waals surface area contributed by atoms with Gasteiger partial charge in [-0.2, -0.15) is 0 Å². The molecule has 0 aliphatic carbocycles. The summed E-state index contributed by atoms with van der Waals surface area (Å²) in [7, 11) is 0. The molecule has 0 bridgehead atoms. The fourth-order valence-corrected chi connectivity index (χ4v) is 0.841. The molecule has 0 aromatic rings. The summed E-state index contributed by atoms with van der Waals surface area (Å²) in [4.78, 5) is 0. The van der Waals surface area contributed by atoms with Gasteiger partial charge in [-0.1, -0.05) is 0 Å². The maximum Gasteiger partial charge on any atom is 0.0938 e. The van der Waals surface area contributed by atoms with Crippen LogP contribution in [-0.2, 0) is 15.5 Å². The smallest absolute Gasteiger partial charge is 0.0938 e.